The maximum Gasteiger partial charge on any atom is 0.119 e. The Bertz CT molecular complexity index is 709. The van der Waals surface area contributed by atoms with Gasteiger partial charge in [-0.2, -0.15) is 0 Å². The Morgan fingerprint density at radius 2 is 1.72 bits per heavy atom. The molecule has 2 atom stereocenters. The molecule has 0 spiro atoms. The second-order valence-electron chi connectivity index (χ2n) is 8.10. The second kappa shape index (κ2) is 10.8. The van der Waals surface area contributed by atoms with Gasteiger partial charge in [-0.25, -0.2) is 0 Å². The van der Waals surface area contributed by atoms with E-state index in [9.17, 15) is 5.11 Å². The molecule has 1 N–H and O–H groups in total. The van der Waals surface area contributed by atoms with Crippen LogP contribution in [0.4, 0.5) is 0 Å². The summed E-state index contributed by atoms with van der Waals surface area (Å²) in [6.45, 7) is 9.00. The van der Waals surface area contributed by atoms with Crippen LogP contribution >= 0.6 is 0 Å². The van der Waals surface area contributed by atoms with Gasteiger partial charge >= 0.3 is 0 Å². The predicted octanol–water partition coefficient (Wildman–Crippen LogP) is 4.58. The third kappa shape index (κ3) is 6.05. The summed E-state index contributed by atoms with van der Waals surface area (Å²) in [7, 11) is 0. The molecule has 1 saturated heterocycles. The number of rotatable bonds is 10. The molecule has 1 aliphatic heterocycles. The van der Waals surface area contributed by atoms with Gasteiger partial charge in [0.15, 0.2) is 0 Å². The molecule has 0 saturated carbocycles. The van der Waals surface area contributed by atoms with Crippen LogP contribution in [0.1, 0.15) is 50.2 Å². The molecule has 0 amide bonds. The van der Waals surface area contributed by atoms with Gasteiger partial charge in [0.25, 0.3) is 0 Å². The number of nitrogens with zero attached hydrogens (tertiary/aromatic N) is 1. The normalized spacial score (nSPS) is 18.2. The van der Waals surface area contributed by atoms with Crippen molar-refractivity contribution in [2.24, 2.45) is 0 Å². The Labute approximate surface area is 175 Å². The van der Waals surface area contributed by atoms with Gasteiger partial charge in [0.05, 0.1) is 25.4 Å². The van der Waals surface area contributed by atoms with Gasteiger partial charge in [0, 0.05) is 25.6 Å². The van der Waals surface area contributed by atoms with Crippen LogP contribution in [0.25, 0.3) is 0 Å². The van der Waals surface area contributed by atoms with Crippen molar-refractivity contribution in [3.05, 3.63) is 65.7 Å². The van der Waals surface area contributed by atoms with Gasteiger partial charge in [-0.15, -0.1) is 0 Å². The predicted molar refractivity (Wildman–Crippen MR) is 117 cm³/mol. The summed E-state index contributed by atoms with van der Waals surface area (Å²) in [5.41, 5.74) is 1.09. The molecule has 0 aliphatic carbocycles. The highest BCUT2D eigenvalue weighted by atomic mass is 16.5. The average molecular weight is 398 g/mol. The molecule has 4 heteroatoms. The first kappa shape index (κ1) is 21.8. The summed E-state index contributed by atoms with van der Waals surface area (Å²) in [6, 6.07) is 18.3. The largest absolute Gasteiger partial charge is 0.494 e. The van der Waals surface area contributed by atoms with Gasteiger partial charge < -0.3 is 14.6 Å². The third-order valence-corrected chi connectivity index (χ3v) is 5.88. The van der Waals surface area contributed by atoms with E-state index in [2.05, 4.69) is 24.0 Å². The molecule has 2 aromatic carbocycles. The van der Waals surface area contributed by atoms with Crippen molar-refractivity contribution in [3.8, 4) is 5.75 Å². The Balaban J connectivity index is 1.76. The van der Waals surface area contributed by atoms with Crippen LogP contribution in [0, 0.1) is 0 Å². The highest BCUT2D eigenvalue weighted by Gasteiger charge is 2.36. The minimum absolute atomic E-state index is 0.0295. The molecule has 1 fully saturated rings. The van der Waals surface area contributed by atoms with E-state index in [0.717, 1.165) is 62.8 Å². The third-order valence-electron chi connectivity index (χ3n) is 5.88. The van der Waals surface area contributed by atoms with Gasteiger partial charge in [0.2, 0.25) is 0 Å². The van der Waals surface area contributed by atoms with Crippen LogP contribution < -0.4 is 4.74 Å². The maximum atomic E-state index is 11.7. The molecular weight excluding hydrogens is 362 g/mol. The van der Waals surface area contributed by atoms with Crippen molar-refractivity contribution in [1.29, 1.82) is 0 Å². The molecule has 0 bridgehead atoms. The van der Waals surface area contributed by atoms with Crippen LogP contribution in [-0.4, -0.2) is 49.5 Å². The van der Waals surface area contributed by atoms with Gasteiger partial charge in [-0.1, -0.05) is 62.2 Å². The standard InChI is InChI=1S/C25H35NO3/c1-3-4-8-17-29-23-13-11-22(12-14-23)25(2,27)24(21-9-6-5-7-10-21)20-26-15-18-28-19-16-26/h5-7,9-14,24,27H,3-4,8,15-20H2,1-2H3/t24-,25-/m1/s1. The van der Waals surface area contributed by atoms with Crippen molar-refractivity contribution >= 4 is 0 Å². The molecule has 2 aromatic rings. The number of ether oxygens (including phenoxy) is 2. The zero-order valence-corrected chi connectivity index (χ0v) is 17.8. The summed E-state index contributed by atoms with van der Waals surface area (Å²) < 4.78 is 11.3. The maximum absolute atomic E-state index is 11.7. The SMILES string of the molecule is CCCCCOc1ccc([C@@](C)(O)[C@H](CN2CCOCC2)c2ccccc2)cc1. The van der Waals surface area contributed by atoms with Crippen molar-refractivity contribution in [2.45, 2.75) is 44.6 Å². The summed E-state index contributed by atoms with van der Waals surface area (Å²) >= 11 is 0. The van der Waals surface area contributed by atoms with Gasteiger partial charge in [-0.3, -0.25) is 4.90 Å². The van der Waals surface area contributed by atoms with E-state index >= 15 is 0 Å². The number of morpholine rings is 1. The molecule has 158 valence electrons. The Morgan fingerprint density at radius 1 is 1.03 bits per heavy atom. The molecular formula is C25H35NO3. The quantitative estimate of drug-likeness (QED) is 0.596. The molecule has 0 radical (unpaired) electrons. The van der Waals surface area contributed by atoms with E-state index in [1.165, 1.54) is 12.8 Å². The molecule has 3 rings (SSSR count). The van der Waals surface area contributed by atoms with Crippen LogP contribution in [-0.2, 0) is 10.3 Å². The lowest BCUT2D eigenvalue weighted by atomic mass is 9.78. The Morgan fingerprint density at radius 3 is 2.38 bits per heavy atom. The monoisotopic (exact) mass is 397 g/mol. The van der Waals surface area contributed by atoms with Gasteiger partial charge in [-0.05, 0) is 36.6 Å². The van der Waals surface area contributed by atoms with Crippen LogP contribution in [0.3, 0.4) is 0 Å². The van der Waals surface area contributed by atoms with Gasteiger partial charge in [0.1, 0.15) is 5.75 Å². The smallest absolute Gasteiger partial charge is 0.119 e. The minimum atomic E-state index is -0.986. The van der Waals surface area contributed by atoms with E-state index in [4.69, 9.17) is 9.47 Å². The van der Waals surface area contributed by atoms with Crippen LogP contribution in [0.2, 0.25) is 0 Å². The second-order valence-corrected chi connectivity index (χ2v) is 8.10. The van der Waals surface area contributed by atoms with E-state index in [1.807, 2.05) is 49.4 Å². The molecule has 1 aliphatic rings. The first-order valence-electron chi connectivity index (χ1n) is 10.9. The number of hydrogen-bond acceptors (Lipinski definition) is 4. The highest BCUT2D eigenvalue weighted by Crippen LogP contribution is 2.38. The lowest BCUT2D eigenvalue weighted by Gasteiger charge is -2.38. The van der Waals surface area contributed by atoms with E-state index in [1.54, 1.807) is 0 Å². The number of aliphatic hydroxyl groups is 1. The summed E-state index contributed by atoms with van der Waals surface area (Å²) in [5.74, 6) is 0.836. The lowest BCUT2D eigenvalue weighted by molar-refractivity contribution is -0.0107. The van der Waals surface area contributed by atoms with Crippen molar-refractivity contribution in [1.82, 2.24) is 4.90 Å². The first-order chi connectivity index (χ1) is 14.1. The van der Waals surface area contributed by atoms with Crippen LogP contribution in [0.15, 0.2) is 54.6 Å². The fraction of sp³-hybridized carbons (Fsp3) is 0.520. The summed E-state index contributed by atoms with van der Waals surface area (Å²) in [6.07, 6.45) is 3.45. The summed E-state index contributed by atoms with van der Waals surface area (Å²) in [4.78, 5) is 2.39. The average Bonchev–Trinajstić information content (AvgIpc) is 2.77. The van der Waals surface area contributed by atoms with E-state index in [0.29, 0.717) is 0 Å². The topological polar surface area (TPSA) is 41.9 Å². The zero-order chi connectivity index (χ0) is 20.5. The molecule has 1 heterocycles. The Kier molecular flexibility index (Phi) is 8.10. The number of hydrogen-bond donors (Lipinski definition) is 1. The van der Waals surface area contributed by atoms with E-state index in [-0.39, 0.29) is 5.92 Å². The van der Waals surface area contributed by atoms with Crippen molar-refractivity contribution in [3.63, 3.8) is 0 Å². The summed E-state index contributed by atoms with van der Waals surface area (Å²) in [5, 5.41) is 11.7. The molecule has 0 unspecified atom stereocenters. The van der Waals surface area contributed by atoms with Crippen LogP contribution in [0.5, 0.6) is 5.75 Å². The van der Waals surface area contributed by atoms with Crippen molar-refractivity contribution < 1.29 is 14.6 Å². The lowest BCUT2D eigenvalue weighted by Crippen LogP contribution is -2.43. The number of benzene rings is 2. The number of unbranched alkanes of at least 4 members (excludes halogenated alkanes) is 2. The highest BCUT2D eigenvalue weighted by molar-refractivity contribution is 5.35. The Hall–Kier alpha value is -1.88. The fourth-order valence-corrected chi connectivity index (χ4v) is 3.97. The fourth-order valence-electron chi connectivity index (χ4n) is 3.97. The first-order valence-corrected chi connectivity index (χ1v) is 10.9. The zero-order valence-electron chi connectivity index (χ0n) is 17.8. The van der Waals surface area contributed by atoms with Crippen molar-refractivity contribution in [2.75, 3.05) is 39.5 Å². The minimum Gasteiger partial charge on any atom is -0.494 e. The molecule has 29 heavy (non-hydrogen) atoms. The molecule has 4 nitrogen and oxygen atoms in total. The molecule has 0 aromatic heterocycles. The van der Waals surface area contributed by atoms with E-state index < -0.39 is 5.60 Å².